The summed E-state index contributed by atoms with van der Waals surface area (Å²) in [7, 11) is 1.42. The van der Waals surface area contributed by atoms with Gasteiger partial charge in [0, 0.05) is 24.6 Å². The first kappa shape index (κ1) is 13.8. The molecule has 6 heteroatoms. The zero-order valence-electron chi connectivity index (χ0n) is 10.9. The molecule has 1 fully saturated rings. The zero-order chi connectivity index (χ0) is 13.8. The second-order valence-electron chi connectivity index (χ2n) is 4.75. The lowest BCUT2D eigenvalue weighted by molar-refractivity contribution is -0.385. The molecule has 1 aliphatic heterocycles. The van der Waals surface area contributed by atoms with Crippen molar-refractivity contribution in [3.8, 4) is 5.75 Å². The highest BCUT2D eigenvalue weighted by atomic mass is 16.6. The Bertz CT molecular complexity index is 464. The third-order valence-electron chi connectivity index (χ3n) is 3.47. The van der Waals surface area contributed by atoms with Crippen molar-refractivity contribution in [3.05, 3.63) is 33.9 Å². The number of rotatable bonds is 4. The third-order valence-corrected chi connectivity index (χ3v) is 3.47. The molecule has 0 aliphatic carbocycles. The van der Waals surface area contributed by atoms with Gasteiger partial charge in [0.2, 0.25) is 0 Å². The largest absolute Gasteiger partial charge is 0.490 e. The second kappa shape index (κ2) is 5.99. The molecular formula is C13H18N2O4. The van der Waals surface area contributed by atoms with Crippen LogP contribution in [0.25, 0.3) is 0 Å². The van der Waals surface area contributed by atoms with Crippen LogP contribution in [-0.2, 0) is 11.2 Å². The van der Waals surface area contributed by atoms with Gasteiger partial charge >= 0.3 is 5.69 Å². The number of nitro groups is 1. The Balaban J connectivity index is 2.16. The normalized spacial score (nSPS) is 23.1. The highest BCUT2D eigenvalue weighted by Crippen LogP contribution is 2.29. The maximum absolute atomic E-state index is 11.0. The minimum atomic E-state index is -0.431. The van der Waals surface area contributed by atoms with Crippen LogP contribution in [-0.4, -0.2) is 31.3 Å². The molecule has 2 atom stereocenters. The van der Waals surface area contributed by atoms with Crippen molar-refractivity contribution in [1.29, 1.82) is 0 Å². The molecule has 2 N–H and O–H groups in total. The summed E-state index contributed by atoms with van der Waals surface area (Å²) in [5.41, 5.74) is 6.92. The van der Waals surface area contributed by atoms with Crippen LogP contribution in [0.4, 0.5) is 5.69 Å². The lowest BCUT2D eigenvalue weighted by Crippen LogP contribution is -2.39. The molecular weight excluding hydrogens is 248 g/mol. The molecule has 0 bridgehead atoms. The molecule has 6 nitrogen and oxygen atoms in total. The van der Waals surface area contributed by atoms with Crippen molar-refractivity contribution in [1.82, 2.24) is 0 Å². The van der Waals surface area contributed by atoms with Gasteiger partial charge in [0.25, 0.3) is 0 Å². The minimum absolute atomic E-state index is 0.00898. The summed E-state index contributed by atoms with van der Waals surface area (Å²) >= 11 is 0. The second-order valence-corrected chi connectivity index (χ2v) is 4.75. The summed E-state index contributed by atoms with van der Waals surface area (Å²) in [6.45, 7) is 1.31. The number of benzene rings is 1. The summed E-state index contributed by atoms with van der Waals surface area (Å²) in [4.78, 5) is 10.5. The van der Waals surface area contributed by atoms with E-state index in [-0.39, 0.29) is 23.4 Å². The number of ether oxygens (including phenoxy) is 2. The van der Waals surface area contributed by atoms with Crippen LogP contribution in [0.15, 0.2) is 18.2 Å². The molecule has 0 spiro atoms. The van der Waals surface area contributed by atoms with E-state index in [1.807, 2.05) is 6.07 Å². The molecule has 1 saturated heterocycles. The number of nitrogens with zero attached hydrogens (tertiary/aromatic N) is 1. The summed E-state index contributed by atoms with van der Waals surface area (Å²) in [5, 5.41) is 11.0. The van der Waals surface area contributed by atoms with Crippen molar-refractivity contribution < 1.29 is 14.4 Å². The highest BCUT2D eigenvalue weighted by Gasteiger charge is 2.24. The molecule has 1 aromatic rings. The summed E-state index contributed by atoms with van der Waals surface area (Å²) < 4.78 is 10.4. The topological polar surface area (TPSA) is 87.6 Å². The minimum Gasteiger partial charge on any atom is -0.490 e. The first-order chi connectivity index (χ1) is 9.11. The molecule has 1 heterocycles. The van der Waals surface area contributed by atoms with Crippen LogP contribution < -0.4 is 10.5 Å². The fourth-order valence-corrected chi connectivity index (χ4v) is 2.33. The SMILES string of the molecule is COc1ccc(CC2COCCC2N)cc1[N+](=O)[O-]. The van der Waals surface area contributed by atoms with Gasteiger partial charge in [0.05, 0.1) is 18.6 Å². The Kier molecular flexibility index (Phi) is 4.34. The highest BCUT2D eigenvalue weighted by molar-refractivity contribution is 5.48. The van der Waals surface area contributed by atoms with E-state index < -0.39 is 4.92 Å². The van der Waals surface area contributed by atoms with Crippen LogP contribution in [0.3, 0.4) is 0 Å². The smallest absolute Gasteiger partial charge is 0.311 e. The summed E-state index contributed by atoms with van der Waals surface area (Å²) in [6, 6.07) is 5.12. The van der Waals surface area contributed by atoms with Gasteiger partial charge in [-0.3, -0.25) is 10.1 Å². The lowest BCUT2D eigenvalue weighted by atomic mass is 9.90. The zero-order valence-corrected chi connectivity index (χ0v) is 10.9. The third kappa shape index (κ3) is 3.21. The fraction of sp³-hybridized carbons (Fsp3) is 0.538. The van der Waals surface area contributed by atoms with E-state index in [1.54, 1.807) is 12.1 Å². The van der Waals surface area contributed by atoms with Gasteiger partial charge in [-0.2, -0.15) is 0 Å². The first-order valence-electron chi connectivity index (χ1n) is 6.26. The van der Waals surface area contributed by atoms with Crippen molar-refractivity contribution in [3.63, 3.8) is 0 Å². The predicted octanol–water partition coefficient (Wildman–Crippen LogP) is 1.51. The maximum Gasteiger partial charge on any atom is 0.311 e. The van der Waals surface area contributed by atoms with E-state index in [9.17, 15) is 10.1 Å². The van der Waals surface area contributed by atoms with Gasteiger partial charge in [-0.1, -0.05) is 6.07 Å². The quantitative estimate of drug-likeness (QED) is 0.659. The number of nitrogens with two attached hydrogens (primary N) is 1. The molecule has 0 aromatic heterocycles. The van der Waals surface area contributed by atoms with Gasteiger partial charge in [-0.25, -0.2) is 0 Å². The standard InChI is InChI=1S/C13H18N2O4/c1-18-13-3-2-9(7-12(13)15(16)17)6-10-8-19-5-4-11(10)14/h2-3,7,10-11H,4-6,8,14H2,1H3. The Morgan fingerprint density at radius 1 is 1.58 bits per heavy atom. The van der Waals surface area contributed by atoms with Crippen LogP contribution >= 0.6 is 0 Å². The molecule has 0 saturated carbocycles. The van der Waals surface area contributed by atoms with Crippen LogP contribution in [0.2, 0.25) is 0 Å². The lowest BCUT2D eigenvalue weighted by Gasteiger charge is -2.28. The van der Waals surface area contributed by atoms with E-state index in [0.29, 0.717) is 19.6 Å². The van der Waals surface area contributed by atoms with E-state index >= 15 is 0 Å². The van der Waals surface area contributed by atoms with E-state index in [4.69, 9.17) is 15.2 Å². The molecule has 2 rings (SSSR count). The fourth-order valence-electron chi connectivity index (χ4n) is 2.33. The van der Waals surface area contributed by atoms with Crippen LogP contribution in [0, 0.1) is 16.0 Å². The van der Waals surface area contributed by atoms with Crippen molar-refractivity contribution in [2.45, 2.75) is 18.9 Å². The van der Waals surface area contributed by atoms with E-state index in [1.165, 1.54) is 7.11 Å². The molecule has 104 valence electrons. The number of hydrogen-bond donors (Lipinski definition) is 1. The molecule has 19 heavy (non-hydrogen) atoms. The maximum atomic E-state index is 11.0. The number of hydrogen-bond acceptors (Lipinski definition) is 5. The van der Waals surface area contributed by atoms with E-state index in [0.717, 1.165) is 12.0 Å². The molecule has 2 unspecified atom stereocenters. The van der Waals surface area contributed by atoms with Crippen molar-refractivity contribution >= 4 is 5.69 Å². The molecule has 0 radical (unpaired) electrons. The molecule has 1 aromatic carbocycles. The molecule has 0 amide bonds. The Morgan fingerprint density at radius 3 is 3.00 bits per heavy atom. The number of nitro benzene ring substituents is 1. The van der Waals surface area contributed by atoms with Gasteiger partial charge in [-0.05, 0) is 24.5 Å². The Hall–Kier alpha value is -1.66. The van der Waals surface area contributed by atoms with Gasteiger partial charge in [-0.15, -0.1) is 0 Å². The van der Waals surface area contributed by atoms with Crippen LogP contribution in [0.1, 0.15) is 12.0 Å². The van der Waals surface area contributed by atoms with E-state index in [2.05, 4.69) is 0 Å². The Labute approximate surface area is 111 Å². The monoisotopic (exact) mass is 266 g/mol. The predicted molar refractivity (Wildman–Crippen MR) is 70.3 cm³/mol. The van der Waals surface area contributed by atoms with Gasteiger partial charge in [0.1, 0.15) is 0 Å². The van der Waals surface area contributed by atoms with Gasteiger partial charge in [0.15, 0.2) is 5.75 Å². The summed E-state index contributed by atoms with van der Waals surface area (Å²) in [5.74, 6) is 0.486. The molecule has 1 aliphatic rings. The van der Waals surface area contributed by atoms with Crippen molar-refractivity contribution in [2.75, 3.05) is 20.3 Å². The Morgan fingerprint density at radius 2 is 2.37 bits per heavy atom. The average molecular weight is 266 g/mol. The first-order valence-corrected chi connectivity index (χ1v) is 6.26. The average Bonchev–Trinajstić information content (AvgIpc) is 2.41. The van der Waals surface area contributed by atoms with Crippen LogP contribution in [0.5, 0.6) is 5.75 Å². The van der Waals surface area contributed by atoms with Gasteiger partial charge < -0.3 is 15.2 Å². The van der Waals surface area contributed by atoms with Crippen molar-refractivity contribution in [2.24, 2.45) is 11.7 Å². The summed E-state index contributed by atoms with van der Waals surface area (Å²) in [6.07, 6.45) is 1.52. The number of methoxy groups -OCH3 is 1.